The van der Waals surface area contributed by atoms with E-state index in [2.05, 4.69) is 17.6 Å². The maximum atomic E-state index is 11.9. The Labute approximate surface area is 120 Å². The topological polar surface area (TPSA) is 78.4 Å². The number of carbonyl (C=O) groups excluding carboxylic acids is 1. The minimum atomic E-state index is -1.06. The van der Waals surface area contributed by atoms with Gasteiger partial charge in [0.1, 0.15) is 5.54 Å². The average Bonchev–Trinajstić information content (AvgIpc) is 2.35. The Hall–Kier alpha value is -1.26. The molecular weight excluding hydrogens is 256 g/mol. The van der Waals surface area contributed by atoms with Crippen LogP contribution in [-0.4, -0.2) is 29.2 Å². The molecule has 2 amide bonds. The van der Waals surface area contributed by atoms with Crippen molar-refractivity contribution in [1.29, 1.82) is 0 Å². The zero-order chi connectivity index (χ0) is 14.6. The number of hydrogen-bond donors (Lipinski definition) is 3. The van der Waals surface area contributed by atoms with Crippen molar-refractivity contribution in [3.8, 4) is 0 Å². The molecule has 0 aromatic rings. The summed E-state index contributed by atoms with van der Waals surface area (Å²) in [6, 6.07) is -0.332. The zero-order valence-corrected chi connectivity index (χ0v) is 12.3. The first-order valence-electron chi connectivity index (χ1n) is 7.81. The van der Waals surface area contributed by atoms with Gasteiger partial charge in [0.05, 0.1) is 0 Å². The van der Waals surface area contributed by atoms with E-state index < -0.39 is 11.5 Å². The maximum Gasteiger partial charge on any atom is 0.329 e. The van der Waals surface area contributed by atoms with E-state index in [1.807, 2.05) is 0 Å². The molecule has 2 fully saturated rings. The second-order valence-electron chi connectivity index (χ2n) is 6.54. The quantitative estimate of drug-likeness (QED) is 0.725. The number of amides is 2. The van der Waals surface area contributed by atoms with Crippen LogP contribution in [0.3, 0.4) is 0 Å². The number of carboxylic acids is 1. The Morgan fingerprint density at radius 3 is 2.35 bits per heavy atom. The summed E-state index contributed by atoms with van der Waals surface area (Å²) in [5.74, 6) is 0.392. The molecule has 0 aromatic carbocycles. The van der Waals surface area contributed by atoms with Crippen molar-refractivity contribution in [2.75, 3.05) is 6.54 Å². The highest BCUT2D eigenvalue weighted by Crippen LogP contribution is 2.32. The number of hydrogen-bond acceptors (Lipinski definition) is 2. The fourth-order valence-electron chi connectivity index (χ4n) is 3.08. The fraction of sp³-hybridized carbons (Fsp3) is 0.867. The van der Waals surface area contributed by atoms with Gasteiger partial charge in [-0.3, -0.25) is 0 Å². The number of aliphatic carboxylic acids is 1. The summed E-state index contributed by atoms with van der Waals surface area (Å²) in [7, 11) is 0. The molecule has 20 heavy (non-hydrogen) atoms. The van der Waals surface area contributed by atoms with Gasteiger partial charge in [0.15, 0.2) is 0 Å². The van der Waals surface area contributed by atoms with Gasteiger partial charge in [0.2, 0.25) is 0 Å². The largest absolute Gasteiger partial charge is 0.480 e. The number of rotatable bonds is 5. The third kappa shape index (κ3) is 3.64. The second kappa shape index (κ2) is 6.46. The maximum absolute atomic E-state index is 11.9. The van der Waals surface area contributed by atoms with E-state index >= 15 is 0 Å². The van der Waals surface area contributed by atoms with Crippen molar-refractivity contribution < 1.29 is 14.7 Å². The Kier molecular flexibility index (Phi) is 4.89. The molecule has 5 nitrogen and oxygen atoms in total. The molecule has 5 heteroatoms. The smallest absolute Gasteiger partial charge is 0.329 e. The molecule has 2 saturated carbocycles. The van der Waals surface area contributed by atoms with Gasteiger partial charge in [-0.15, -0.1) is 0 Å². The second-order valence-corrected chi connectivity index (χ2v) is 6.54. The first kappa shape index (κ1) is 15.1. The van der Waals surface area contributed by atoms with Crippen LogP contribution in [0.4, 0.5) is 4.79 Å². The van der Waals surface area contributed by atoms with Gasteiger partial charge in [0.25, 0.3) is 0 Å². The molecule has 114 valence electrons. The van der Waals surface area contributed by atoms with Gasteiger partial charge >= 0.3 is 12.0 Å². The summed E-state index contributed by atoms with van der Waals surface area (Å²) in [5.41, 5.74) is -1.06. The number of carboxylic acid groups (broad SMARTS) is 1. The van der Waals surface area contributed by atoms with E-state index in [1.54, 1.807) is 0 Å². The first-order valence-corrected chi connectivity index (χ1v) is 7.81. The van der Waals surface area contributed by atoms with E-state index in [0.717, 1.165) is 25.2 Å². The molecule has 0 saturated heterocycles. The Morgan fingerprint density at radius 2 is 1.85 bits per heavy atom. The van der Waals surface area contributed by atoms with Crippen molar-refractivity contribution in [3.05, 3.63) is 0 Å². The Bertz CT molecular complexity index is 358. The zero-order valence-electron chi connectivity index (χ0n) is 12.3. The first-order chi connectivity index (χ1) is 9.52. The van der Waals surface area contributed by atoms with Gasteiger partial charge in [-0.25, -0.2) is 9.59 Å². The molecule has 0 aromatic heterocycles. The fourth-order valence-corrected chi connectivity index (χ4v) is 3.08. The van der Waals surface area contributed by atoms with Gasteiger partial charge in [0, 0.05) is 6.54 Å². The van der Waals surface area contributed by atoms with Crippen LogP contribution >= 0.6 is 0 Å². The van der Waals surface area contributed by atoms with Gasteiger partial charge in [-0.05, 0) is 43.9 Å². The van der Waals surface area contributed by atoms with Crippen LogP contribution < -0.4 is 10.6 Å². The molecule has 0 heterocycles. The predicted octanol–water partition coefficient (Wildman–Crippen LogP) is 2.51. The standard InChI is InChI=1S/C15H26N2O3/c1-11-5-8-15(9-6-11,13(18)19)17-14(20)16-10-7-12-3-2-4-12/h11-12H,2-10H2,1H3,(H,18,19)(H2,16,17,20). The minimum absolute atomic E-state index is 0.332. The summed E-state index contributed by atoms with van der Waals surface area (Å²) in [5, 5.41) is 15.0. The van der Waals surface area contributed by atoms with Crippen LogP contribution in [0.2, 0.25) is 0 Å². The van der Waals surface area contributed by atoms with Crippen molar-refractivity contribution >= 4 is 12.0 Å². The highest BCUT2D eigenvalue weighted by Gasteiger charge is 2.42. The van der Waals surface area contributed by atoms with Crippen LogP contribution in [0.25, 0.3) is 0 Å². The van der Waals surface area contributed by atoms with Gasteiger partial charge in [-0.2, -0.15) is 0 Å². The summed E-state index contributed by atoms with van der Waals surface area (Å²) >= 11 is 0. The minimum Gasteiger partial charge on any atom is -0.480 e. The summed E-state index contributed by atoms with van der Waals surface area (Å²) in [6.07, 6.45) is 7.60. The molecule has 0 radical (unpaired) electrons. The molecule has 0 spiro atoms. The molecule has 0 bridgehead atoms. The monoisotopic (exact) mass is 282 g/mol. The third-order valence-corrected chi connectivity index (χ3v) is 4.95. The van der Waals surface area contributed by atoms with Crippen molar-refractivity contribution in [1.82, 2.24) is 10.6 Å². The average molecular weight is 282 g/mol. The highest BCUT2D eigenvalue weighted by molar-refractivity contribution is 5.86. The molecule has 0 aliphatic heterocycles. The molecule has 2 aliphatic rings. The van der Waals surface area contributed by atoms with E-state index in [4.69, 9.17) is 0 Å². The van der Waals surface area contributed by atoms with E-state index in [-0.39, 0.29) is 6.03 Å². The lowest BCUT2D eigenvalue weighted by atomic mass is 9.77. The Balaban J connectivity index is 1.78. The van der Waals surface area contributed by atoms with E-state index in [1.165, 1.54) is 19.3 Å². The van der Waals surface area contributed by atoms with Gasteiger partial charge in [-0.1, -0.05) is 26.2 Å². The van der Waals surface area contributed by atoms with Crippen LogP contribution in [0.15, 0.2) is 0 Å². The number of nitrogens with one attached hydrogen (secondary N) is 2. The highest BCUT2D eigenvalue weighted by atomic mass is 16.4. The summed E-state index contributed by atoms with van der Waals surface area (Å²) in [4.78, 5) is 23.4. The van der Waals surface area contributed by atoms with E-state index in [0.29, 0.717) is 25.3 Å². The SMILES string of the molecule is CC1CCC(NC(=O)NCCC2CCC2)(C(=O)O)CC1. The lowest BCUT2D eigenvalue weighted by Gasteiger charge is -2.36. The lowest BCUT2D eigenvalue weighted by molar-refractivity contribution is -0.146. The van der Waals surface area contributed by atoms with Crippen LogP contribution in [0.5, 0.6) is 0 Å². The predicted molar refractivity (Wildman–Crippen MR) is 76.5 cm³/mol. The number of urea groups is 1. The van der Waals surface area contributed by atoms with Crippen molar-refractivity contribution in [2.24, 2.45) is 11.8 Å². The van der Waals surface area contributed by atoms with Crippen LogP contribution in [0.1, 0.15) is 58.3 Å². The van der Waals surface area contributed by atoms with Crippen molar-refractivity contribution in [2.45, 2.75) is 63.8 Å². The third-order valence-electron chi connectivity index (χ3n) is 4.95. The summed E-state index contributed by atoms with van der Waals surface area (Å²) in [6.45, 7) is 2.77. The van der Waals surface area contributed by atoms with Crippen LogP contribution in [-0.2, 0) is 4.79 Å². The van der Waals surface area contributed by atoms with Crippen LogP contribution in [0, 0.1) is 11.8 Å². The lowest BCUT2D eigenvalue weighted by Crippen LogP contribution is -2.58. The Morgan fingerprint density at radius 1 is 1.20 bits per heavy atom. The molecule has 2 aliphatic carbocycles. The van der Waals surface area contributed by atoms with E-state index in [9.17, 15) is 14.7 Å². The normalized spacial score (nSPS) is 30.4. The molecule has 0 unspecified atom stereocenters. The molecule has 2 rings (SSSR count). The summed E-state index contributed by atoms with van der Waals surface area (Å²) < 4.78 is 0. The van der Waals surface area contributed by atoms with Gasteiger partial charge < -0.3 is 15.7 Å². The molecular formula is C15H26N2O3. The molecule has 0 atom stereocenters. The van der Waals surface area contributed by atoms with Crippen molar-refractivity contribution in [3.63, 3.8) is 0 Å². The number of carbonyl (C=O) groups is 2. The molecule has 3 N–H and O–H groups in total.